The summed E-state index contributed by atoms with van der Waals surface area (Å²) in [7, 11) is 1.72. The number of benzene rings is 1. The van der Waals surface area contributed by atoms with E-state index in [9.17, 15) is 18.0 Å². The lowest BCUT2D eigenvalue weighted by Gasteiger charge is -2.26. The maximum atomic E-state index is 12.8. The van der Waals surface area contributed by atoms with Crippen molar-refractivity contribution in [2.24, 2.45) is 0 Å². The van der Waals surface area contributed by atoms with E-state index in [1.54, 1.807) is 24.1 Å². The minimum Gasteiger partial charge on any atom is -0.379 e. The number of alkyl halides is 3. The van der Waals surface area contributed by atoms with Crippen LogP contribution >= 0.6 is 11.3 Å². The average molecular weight is 481 g/mol. The second kappa shape index (κ2) is 9.89. The van der Waals surface area contributed by atoms with Crippen LogP contribution in [0.3, 0.4) is 0 Å². The van der Waals surface area contributed by atoms with Crippen LogP contribution in [0.5, 0.6) is 0 Å². The lowest BCUT2D eigenvalue weighted by molar-refractivity contribution is -0.137. The summed E-state index contributed by atoms with van der Waals surface area (Å²) in [5.74, 6) is 0.549. The van der Waals surface area contributed by atoms with Gasteiger partial charge in [0.25, 0.3) is 0 Å². The molecule has 2 aromatic heterocycles. The Bertz CT molecular complexity index is 1100. The number of hydrogen-bond donors (Lipinski definition) is 2. The number of nitrogens with one attached hydrogen (secondary N) is 2. The molecule has 0 unspecified atom stereocenters. The number of ether oxygens (including phenoxy) is 1. The Hall–Kier alpha value is -2.96. The number of anilines is 3. The number of rotatable bonds is 6. The van der Waals surface area contributed by atoms with Crippen molar-refractivity contribution in [1.82, 2.24) is 20.2 Å². The van der Waals surface area contributed by atoms with Gasteiger partial charge in [-0.15, -0.1) is 0 Å². The molecular weight excluding hydrogens is 457 g/mol. The molecule has 0 spiro atoms. The second-order valence-corrected chi connectivity index (χ2v) is 8.43. The molecule has 4 rings (SSSR count). The number of aromatic nitrogens is 2. The highest BCUT2D eigenvalue weighted by Gasteiger charge is 2.30. The average Bonchev–Trinajstić information content (AvgIpc) is 3.20. The van der Waals surface area contributed by atoms with Crippen LogP contribution in [0, 0.1) is 0 Å². The minimum atomic E-state index is -4.38. The van der Waals surface area contributed by atoms with E-state index in [2.05, 4.69) is 25.5 Å². The lowest BCUT2D eigenvalue weighted by Crippen LogP contribution is -2.42. The number of morpholine rings is 1. The smallest absolute Gasteiger partial charge is 0.379 e. The quantitative estimate of drug-likeness (QED) is 0.556. The topological polar surface area (TPSA) is 82.6 Å². The number of carbonyl (C=O) groups excluding carboxylic acids is 1. The summed E-state index contributed by atoms with van der Waals surface area (Å²) in [6, 6.07) is 8.02. The first-order valence-electron chi connectivity index (χ1n) is 10.3. The molecule has 0 atom stereocenters. The molecule has 1 aliphatic heterocycles. The van der Waals surface area contributed by atoms with E-state index in [1.807, 2.05) is 0 Å². The van der Waals surface area contributed by atoms with Crippen molar-refractivity contribution in [2.45, 2.75) is 6.18 Å². The first-order chi connectivity index (χ1) is 15.8. The zero-order valence-electron chi connectivity index (χ0n) is 17.9. The van der Waals surface area contributed by atoms with Gasteiger partial charge in [0, 0.05) is 38.9 Å². The molecule has 2 N–H and O–H groups in total. The maximum absolute atomic E-state index is 12.8. The fourth-order valence-corrected chi connectivity index (χ4v) is 4.18. The Morgan fingerprint density at radius 2 is 1.88 bits per heavy atom. The van der Waals surface area contributed by atoms with E-state index in [0.717, 1.165) is 31.8 Å². The Morgan fingerprint density at radius 3 is 2.58 bits per heavy atom. The zero-order valence-corrected chi connectivity index (χ0v) is 18.7. The van der Waals surface area contributed by atoms with Crippen LogP contribution in [0.15, 0.2) is 36.4 Å². The number of pyridine rings is 1. The van der Waals surface area contributed by atoms with Crippen LogP contribution < -0.4 is 15.5 Å². The molecule has 2 amide bonds. The number of urea groups is 1. The van der Waals surface area contributed by atoms with E-state index in [1.165, 1.54) is 23.5 Å². The van der Waals surface area contributed by atoms with Crippen LogP contribution in [-0.2, 0) is 10.9 Å². The van der Waals surface area contributed by atoms with Gasteiger partial charge in [-0.2, -0.15) is 13.2 Å². The molecule has 0 radical (unpaired) electrons. The van der Waals surface area contributed by atoms with E-state index in [4.69, 9.17) is 4.74 Å². The van der Waals surface area contributed by atoms with Gasteiger partial charge in [-0.25, -0.2) is 14.8 Å². The highest BCUT2D eigenvalue weighted by Crippen LogP contribution is 2.32. The molecule has 1 fully saturated rings. The number of hydrogen-bond acceptors (Lipinski definition) is 7. The largest absolute Gasteiger partial charge is 0.416 e. The summed E-state index contributed by atoms with van der Waals surface area (Å²) in [4.78, 5) is 25.6. The molecule has 0 saturated carbocycles. The summed E-state index contributed by atoms with van der Waals surface area (Å²) in [5, 5.41) is 5.95. The normalized spacial score (nSPS) is 14.9. The van der Waals surface area contributed by atoms with Crippen molar-refractivity contribution < 1.29 is 22.7 Å². The van der Waals surface area contributed by atoms with Gasteiger partial charge in [0.15, 0.2) is 5.13 Å². The number of thiazole rings is 1. The first-order valence-corrected chi connectivity index (χ1v) is 11.1. The molecule has 12 heteroatoms. The molecule has 0 aliphatic carbocycles. The van der Waals surface area contributed by atoms with E-state index in [0.29, 0.717) is 46.7 Å². The molecule has 1 aliphatic rings. The number of nitrogens with zero attached hydrogens (tertiary/aromatic N) is 4. The van der Waals surface area contributed by atoms with Crippen LogP contribution in [0.25, 0.3) is 10.3 Å². The molecule has 1 saturated heterocycles. The van der Waals surface area contributed by atoms with Crippen molar-refractivity contribution in [3.05, 3.63) is 42.0 Å². The number of carbonyl (C=O) groups is 1. The lowest BCUT2D eigenvalue weighted by atomic mass is 10.2. The van der Waals surface area contributed by atoms with Crippen LogP contribution in [-0.4, -0.2) is 67.3 Å². The Labute approximate surface area is 192 Å². The zero-order chi connectivity index (χ0) is 23.4. The highest BCUT2D eigenvalue weighted by molar-refractivity contribution is 7.22. The minimum absolute atomic E-state index is 0.343. The van der Waals surface area contributed by atoms with Gasteiger partial charge in [-0.3, -0.25) is 10.2 Å². The van der Waals surface area contributed by atoms with Crippen molar-refractivity contribution in [3.8, 4) is 0 Å². The molecule has 8 nitrogen and oxygen atoms in total. The van der Waals surface area contributed by atoms with Crippen LogP contribution in [0.2, 0.25) is 0 Å². The van der Waals surface area contributed by atoms with Gasteiger partial charge in [-0.1, -0.05) is 11.3 Å². The van der Waals surface area contributed by atoms with Crippen LogP contribution in [0.4, 0.5) is 34.6 Å². The monoisotopic (exact) mass is 480 g/mol. The third-order valence-electron chi connectivity index (χ3n) is 5.20. The molecule has 176 valence electrons. The second-order valence-electron chi connectivity index (χ2n) is 7.45. The third kappa shape index (κ3) is 5.89. The summed E-state index contributed by atoms with van der Waals surface area (Å²) in [5.41, 5.74) is 0.481. The van der Waals surface area contributed by atoms with Gasteiger partial charge in [-0.05, 0) is 36.4 Å². The Balaban J connectivity index is 1.37. The first kappa shape index (κ1) is 23.2. The summed E-state index contributed by atoms with van der Waals surface area (Å²) >= 11 is 1.22. The molecular formula is C21H23F3N6O2S. The van der Waals surface area contributed by atoms with Crippen molar-refractivity contribution in [1.29, 1.82) is 0 Å². The summed E-state index contributed by atoms with van der Waals surface area (Å²) in [6.45, 7) is 4.39. The molecule has 3 heterocycles. The van der Waals surface area contributed by atoms with E-state index < -0.39 is 11.7 Å². The highest BCUT2D eigenvalue weighted by atomic mass is 32.1. The fraction of sp³-hybridized carbons (Fsp3) is 0.381. The molecule has 33 heavy (non-hydrogen) atoms. The number of fused-ring (bicyclic) bond motifs is 1. The summed E-state index contributed by atoms with van der Waals surface area (Å²) < 4.78 is 43.7. The predicted molar refractivity (Wildman–Crippen MR) is 121 cm³/mol. The standard InChI is InChI=1S/C21H23F3N6O2S/c1-29(15-4-2-14(3-5-15)21(22,23)24)17-7-6-16-18(27-17)33-20(26-16)28-19(31)25-8-9-30-10-12-32-13-11-30/h2-7H,8-13H2,1H3,(H2,25,26,28,31). The van der Waals surface area contributed by atoms with Gasteiger partial charge < -0.3 is 15.0 Å². The Morgan fingerprint density at radius 1 is 1.15 bits per heavy atom. The van der Waals surface area contributed by atoms with Gasteiger partial charge in [0.05, 0.1) is 18.8 Å². The Kier molecular flexibility index (Phi) is 6.96. The fourth-order valence-electron chi connectivity index (χ4n) is 3.35. The van der Waals surface area contributed by atoms with Gasteiger partial charge in [0.2, 0.25) is 0 Å². The molecule has 1 aromatic carbocycles. The van der Waals surface area contributed by atoms with Crippen molar-refractivity contribution in [3.63, 3.8) is 0 Å². The maximum Gasteiger partial charge on any atom is 0.416 e. The summed E-state index contributed by atoms with van der Waals surface area (Å²) in [6.07, 6.45) is -4.38. The van der Waals surface area contributed by atoms with E-state index in [-0.39, 0.29) is 6.03 Å². The molecule has 3 aromatic rings. The van der Waals surface area contributed by atoms with Crippen molar-refractivity contribution >= 4 is 44.4 Å². The predicted octanol–water partition coefficient (Wildman–Crippen LogP) is 3.93. The SMILES string of the molecule is CN(c1ccc(C(F)(F)F)cc1)c1ccc2nc(NC(=O)NCCN3CCOCC3)sc2n1. The van der Waals surface area contributed by atoms with Gasteiger partial charge >= 0.3 is 12.2 Å². The van der Waals surface area contributed by atoms with Gasteiger partial charge in [0.1, 0.15) is 16.2 Å². The number of amides is 2. The number of halogens is 3. The van der Waals surface area contributed by atoms with Crippen LogP contribution in [0.1, 0.15) is 5.56 Å². The van der Waals surface area contributed by atoms with E-state index >= 15 is 0 Å². The third-order valence-corrected chi connectivity index (χ3v) is 6.08. The van der Waals surface area contributed by atoms with Crippen molar-refractivity contribution in [2.75, 3.05) is 56.7 Å². The molecule has 0 bridgehead atoms.